The Balaban J connectivity index is 1.59. The van der Waals surface area contributed by atoms with Crippen LogP contribution < -0.4 is 10.2 Å². The van der Waals surface area contributed by atoms with Crippen molar-refractivity contribution in [1.82, 2.24) is 9.88 Å². The van der Waals surface area contributed by atoms with Crippen LogP contribution in [-0.2, 0) is 0 Å². The van der Waals surface area contributed by atoms with Crippen molar-refractivity contribution in [3.63, 3.8) is 0 Å². The topological polar surface area (TPSA) is 48.5 Å². The Labute approximate surface area is 144 Å². The molecule has 0 saturated carbocycles. The fraction of sp³-hybridized carbons (Fsp3) is 0.250. The van der Waals surface area contributed by atoms with E-state index in [1.54, 1.807) is 35.5 Å². The van der Waals surface area contributed by atoms with Gasteiger partial charge in [0, 0.05) is 44.3 Å². The Bertz CT molecular complexity index is 688. The molecule has 1 aromatic carbocycles. The highest BCUT2D eigenvalue weighted by Crippen LogP contribution is 2.29. The third-order valence-electron chi connectivity index (χ3n) is 3.79. The number of rotatable bonds is 2. The van der Waals surface area contributed by atoms with Crippen LogP contribution in [0.25, 0.3) is 0 Å². The summed E-state index contributed by atoms with van der Waals surface area (Å²) in [7, 11) is 0. The number of hydrogen-bond donors (Lipinski definition) is 1. The molecule has 1 aromatic heterocycles. The Morgan fingerprint density at radius 1 is 1.04 bits per heavy atom. The molecule has 23 heavy (non-hydrogen) atoms. The van der Waals surface area contributed by atoms with Gasteiger partial charge in [0.05, 0.1) is 15.7 Å². The van der Waals surface area contributed by atoms with E-state index < -0.39 is 0 Å². The van der Waals surface area contributed by atoms with Crippen LogP contribution in [0.2, 0.25) is 10.0 Å². The molecule has 1 fully saturated rings. The van der Waals surface area contributed by atoms with Crippen LogP contribution in [0.1, 0.15) is 0 Å². The summed E-state index contributed by atoms with van der Waals surface area (Å²) in [6, 6.07) is 8.96. The number of amides is 2. The molecule has 7 heteroatoms. The monoisotopic (exact) mass is 350 g/mol. The number of pyridine rings is 1. The number of anilines is 2. The average Bonchev–Trinajstić information content (AvgIpc) is 2.60. The van der Waals surface area contributed by atoms with Crippen molar-refractivity contribution < 1.29 is 4.79 Å². The molecular weight excluding hydrogens is 335 g/mol. The standard InChI is InChI=1S/C16H16Cl2N4O/c17-13-2-1-3-14(15(13)18)20-16(23)22-10-8-21(9-11-22)12-4-6-19-7-5-12/h1-7H,8-11H2,(H,20,23). The van der Waals surface area contributed by atoms with Crippen LogP contribution >= 0.6 is 23.2 Å². The minimum Gasteiger partial charge on any atom is -0.368 e. The van der Waals surface area contributed by atoms with Gasteiger partial charge in [0.1, 0.15) is 0 Å². The highest BCUT2D eigenvalue weighted by molar-refractivity contribution is 6.43. The molecule has 2 heterocycles. The number of benzene rings is 1. The van der Waals surface area contributed by atoms with E-state index in [4.69, 9.17) is 23.2 Å². The van der Waals surface area contributed by atoms with Gasteiger partial charge in [0.2, 0.25) is 0 Å². The Morgan fingerprint density at radius 2 is 1.74 bits per heavy atom. The molecule has 0 radical (unpaired) electrons. The van der Waals surface area contributed by atoms with Crippen molar-refractivity contribution in [3.05, 3.63) is 52.8 Å². The molecule has 0 unspecified atom stereocenters. The Hall–Kier alpha value is -1.98. The third kappa shape index (κ3) is 3.68. The molecule has 1 saturated heterocycles. The van der Waals surface area contributed by atoms with Crippen LogP contribution in [-0.4, -0.2) is 42.1 Å². The van der Waals surface area contributed by atoms with Gasteiger partial charge in [-0.05, 0) is 24.3 Å². The Morgan fingerprint density at radius 3 is 2.43 bits per heavy atom. The van der Waals surface area contributed by atoms with E-state index in [0.29, 0.717) is 28.8 Å². The van der Waals surface area contributed by atoms with Gasteiger partial charge in [-0.25, -0.2) is 4.79 Å². The highest BCUT2D eigenvalue weighted by atomic mass is 35.5. The van der Waals surface area contributed by atoms with Crippen molar-refractivity contribution >= 4 is 40.6 Å². The van der Waals surface area contributed by atoms with E-state index in [2.05, 4.69) is 15.2 Å². The lowest BCUT2D eigenvalue weighted by Gasteiger charge is -2.36. The molecule has 2 aromatic rings. The molecular formula is C16H16Cl2N4O. The van der Waals surface area contributed by atoms with Gasteiger partial charge in [-0.3, -0.25) is 4.98 Å². The first kappa shape index (κ1) is 15.9. The van der Waals surface area contributed by atoms with Gasteiger partial charge in [0.15, 0.2) is 0 Å². The first-order valence-corrected chi connectivity index (χ1v) is 8.05. The predicted octanol–water partition coefficient (Wildman–Crippen LogP) is 3.74. The molecule has 1 aliphatic heterocycles. The first-order chi connectivity index (χ1) is 11.1. The van der Waals surface area contributed by atoms with Crippen LogP contribution in [0.4, 0.5) is 16.2 Å². The zero-order valence-electron chi connectivity index (χ0n) is 12.4. The molecule has 120 valence electrons. The van der Waals surface area contributed by atoms with Gasteiger partial charge in [-0.1, -0.05) is 29.3 Å². The Kier molecular flexibility index (Phi) is 4.88. The molecule has 0 atom stereocenters. The quantitative estimate of drug-likeness (QED) is 0.897. The van der Waals surface area contributed by atoms with Crippen LogP contribution in [0, 0.1) is 0 Å². The van der Waals surface area contributed by atoms with Crippen molar-refractivity contribution in [2.45, 2.75) is 0 Å². The number of piperazine rings is 1. The summed E-state index contributed by atoms with van der Waals surface area (Å²) in [6.07, 6.45) is 3.55. The van der Waals surface area contributed by atoms with Crippen molar-refractivity contribution in [2.75, 3.05) is 36.4 Å². The van der Waals surface area contributed by atoms with E-state index in [0.717, 1.165) is 18.8 Å². The van der Waals surface area contributed by atoms with Crippen LogP contribution in [0.15, 0.2) is 42.7 Å². The summed E-state index contributed by atoms with van der Waals surface area (Å²) in [5.74, 6) is 0. The summed E-state index contributed by atoms with van der Waals surface area (Å²) < 4.78 is 0. The van der Waals surface area contributed by atoms with E-state index in [9.17, 15) is 4.79 Å². The van der Waals surface area contributed by atoms with Crippen molar-refractivity contribution in [1.29, 1.82) is 0 Å². The lowest BCUT2D eigenvalue weighted by Crippen LogP contribution is -2.50. The minimum absolute atomic E-state index is 0.163. The smallest absolute Gasteiger partial charge is 0.322 e. The lowest BCUT2D eigenvalue weighted by molar-refractivity contribution is 0.208. The van der Waals surface area contributed by atoms with E-state index >= 15 is 0 Å². The number of halogens is 2. The molecule has 2 amide bonds. The first-order valence-electron chi connectivity index (χ1n) is 7.30. The summed E-state index contributed by atoms with van der Waals surface area (Å²) in [4.78, 5) is 20.4. The second kappa shape index (κ2) is 7.06. The number of aromatic nitrogens is 1. The number of nitrogens with one attached hydrogen (secondary N) is 1. The fourth-order valence-corrected chi connectivity index (χ4v) is 2.86. The van der Waals surface area contributed by atoms with Crippen molar-refractivity contribution in [3.8, 4) is 0 Å². The molecule has 0 spiro atoms. The molecule has 0 aliphatic carbocycles. The zero-order chi connectivity index (χ0) is 16.2. The summed E-state index contributed by atoms with van der Waals surface area (Å²) in [5.41, 5.74) is 1.65. The summed E-state index contributed by atoms with van der Waals surface area (Å²) in [6.45, 7) is 2.85. The van der Waals surface area contributed by atoms with Gasteiger partial charge in [-0.15, -0.1) is 0 Å². The van der Waals surface area contributed by atoms with Crippen LogP contribution in [0.5, 0.6) is 0 Å². The zero-order valence-corrected chi connectivity index (χ0v) is 13.9. The van der Waals surface area contributed by atoms with Crippen molar-refractivity contribution in [2.24, 2.45) is 0 Å². The number of urea groups is 1. The maximum Gasteiger partial charge on any atom is 0.322 e. The highest BCUT2D eigenvalue weighted by Gasteiger charge is 2.22. The normalized spacial score (nSPS) is 14.7. The molecule has 1 aliphatic rings. The van der Waals surface area contributed by atoms with E-state index in [1.165, 1.54) is 0 Å². The predicted molar refractivity (Wildman–Crippen MR) is 93.5 cm³/mol. The molecule has 1 N–H and O–H groups in total. The number of hydrogen-bond acceptors (Lipinski definition) is 3. The largest absolute Gasteiger partial charge is 0.368 e. The second-order valence-electron chi connectivity index (χ2n) is 5.21. The molecule has 5 nitrogen and oxygen atoms in total. The number of carbonyl (C=O) groups is 1. The average molecular weight is 351 g/mol. The fourth-order valence-electron chi connectivity index (χ4n) is 2.52. The third-order valence-corrected chi connectivity index (χ3v) is 4.61. The maximum atomic E-state index is 12.4. The van der Waals surface area contributed by atoms with E-state index in [1.807, 2.05) is 12.1 Å². The molecule has 0 bridgehead atoms. The summed E-state index contributed by atoms with van der Waals surface area (Å²) >= 11 is 12.1. The van der Waals surface area contributed by atoms with Crippen LogP contribution in [0.3, 0.4) is 0 Å². The van der Waals surface area contributed by atoms with Gasteiger partial charge in [0.25, 0.3) is 0 Å². The number of nitrogens with zero attached hydrogens (tertiary/aromatic N) is 3. The SMILES string of the molecule is O=C(Nc1cccc(Cl)c1Cl)N1CCN(c2ccncc2)CC1. The minimum atomic E-state index is -0.163. The second-order valence-corrected chi connectivity index (χ2v) is 6.00. The lowest BCUT2D eigenvalue weighted by atomic mass is 10.2. The molecule has 3 rings (SSSR count). The summed E-state index contributed by atoms with van der Waals surface area (Å²) in [5, 5.41) is 3.60. The van der Waals surface area contributed by atoms with Gasteiger partial charge in [-0.2, -0.15) is 0 Å². The maximum absolute atomic E-state index is 12.4. The number of carbonyl (C=O) groups excluding carboxylic acids is 1. The van der Waals surface area contributed by atoms with Gasteiger partial charge >= 0.3 is 6.03 Å². The van der Waals surface area contributed by atoms with E-state index in [-0.39, 0.29) is 6.03 Å². The van der Waals surface area contributed by atoms with Gasteiger partial charge < -0.3 is 15.1 Å².